The van der Waals surface area contributed by atoms with Gasteiger partial charge < -0.3 is 41.6 Å². The molecule has 2 aromatic rings. The number of hydrogen-bond donors (Lipinski definition) is 6. The van der Waals surface area contributed by atoms with Crippen molar-refractivity contribution in [3.8, 4) is 0 Å². The number of carboxylic acid groups (broad SMARTS) is 2. The summed E-state index contributed by atoms with van der Waals surface area (Å²) in [4.78, 5) is 54.7. The van der Waals surface area contributed by atoms with Crippen LogP contribution in [0, 0.1) is 0 Å². The summed E-state index contributed by atoms with van der Waals surface area (Å²) in [5, 5.41) is 28.3. The van der Waals surface area contributed by atoms with Crippen LogP contribution in [-0.4, -0.2) is 65.1 Å². The molecule has 13 nitrogen and oxygen atoms in total. The van der Waals surface area contributed by atoms with E-state index in [4.69, 9.17) is 10.8 Å². The van der Waals surface area contributed by atoms with E-state index in [1.165, 1.54) is 12.1 Å². The molecule has 7 N–H and O–H groups in total. The number of carbonyl (C=O) groups excluding carboxylic acids is 2. The van der Waals surface area contributed by atoms with Gasteiger partial charge in [0.05, 0.1) is 6.04 Å². The second-order valence-electron chi connectivity index (χ2n) is 7.53. The monoisotopic (exact) mass is 465 g/mol. The summed E-state index contributed by atoms with van der Waals surface area (Å²) in [5.41, 5.74) is 6.56. The first-order valence-corrected chi connectivity index (χ1v) is 10.1. The van der Waals surface area contributed by atoms with E-state index in [-0.39, 0.29) is 48.4 Å². The Morgan fingerprint density at radius 2 is 2.00 bits per heavy atom. The van der Waals surface area contributed by atoms with E-state index in [1.807, 2.05) is 4.90 Å². The molecule has 1 aliphatic rings. The fourth-order valence-electron chi connectivity index (χ4n) is 3.41. The van der Waals surface area contributed by atoms with Crippen molar-refractivity contribution in [1.82, 2.24) is 15.3 Å². The number of nitrogen functional groups attached to an aromatic ring is 1. The van der Waals surface area contributed by atoms with E-state index >= 15 is 0 Å². The van der Waals surface area contributed by atoms with Gasteiger partial charge in [-0.3, -0.25) is 14.6 Å². The number of aliphatic carboxylic acids is 2. The Hall–Kier alpha value is -3.69. The van der Waals surface area contributed by atoms with E-state index in [9.17, 15) is 24.3 Å². The van der Waals surface area contributed by atoms with Crippen molar-refractivity contribution in [3.05, 3.63) is 40.2 Å². The second-order valence-corrected chi connectivity index (χ2v) is 7.53. The van der Waals surface area contributed by atoms with Gasteiger partial charge in [0.2, 0.25) is 5.95 Å². The number of anilines is 4. The summed E-state index contributed by atoms with van der Waals surface area (Å²) in [5.74, 6) is -2.89. The van der Waals surface area contributed by atoms with Crippen molar-refractivity contribution >= 4 is 41.0 Å². The average molecular weight is 465 g/mol. The molecule has 0 fully saturated rings. The number of hydrogen-bond acceptors (Lipinski definition) is 10. The predicted octanol–water partition coefficient (Wildman–Crippen LogP) is -4.59. The van der Waals surface area contributed by atoms with Crippen LogP contribution in [0.15, 0.2) is 29.1 Å². The molecule has 34 heavy (non-hydrogen) atoms. The van der Waals surface area contributed by atoms with Gasteiger partial charge in [-0.25, -0.2) is 4.79 Å². The Morgan fingerprint density at radius 3 is 2.62 bits per heavy atom. The smallest absolute Gasteiger partial charge is 0.550 e. The largest absolute Gasteiger partial charge is 1.00 e. The van der Waals surface area contributed by atoms with E-state index < -0.39 is 30.3 Å². The first-order valence-electron chi connectivity index (χ1n) is 10.1. The molecule has 1 aliphatic heterocycles. The van der Waals surface area contributed by atoms with Crippen molar-refractivity contribution in [2.24, 2.45) is 0 Å². The topological polar surface area (TPSA) is 206 Å². The Balaban J connectivity index is 0.00000408. The standard InChI is InChI=1S/C20H25N7O6.Li/c1-27-12(9-23-16-15(27)18(31)26-20(21)25-16)8-22-11-4-2-10(3-5-11)17(30)24-13(19(32)33)6-7-14(28)29;/h2-5,12-13,22H,6-9H2,1H3,(H,24,30)(H,28,29)(H,32,33)(H4,21,23,25,26,31);/q;+1/p-1/t12?,13-;/m0./s1. The van der Waals surface area contributed by atoms with Crippen molar-refractivity contribution in [1.29, 1.82) is 0 Å². The molecule has 0 saturated heterocycles. The quantitative estimate of drug-likeness (QED) is 0.194. The van der Waals surface area contributed by atoms with Gasteiger partial charge in [0.15, 0.2) is 5.82 Å². The average Bonchev–Trinajstić information content (AvgIpc) is 2.75. The number of aromatic amines is 1. The summed E-state index contributed by atoms with van der Waals surface area (Å²) in [6.07, 6.45) is -0.759. The minimum atomic E-state index is -1.39. The third-order valence-corrected chi connectivity index (χ3v) is 5.25. The van der Waals surface area contributed by atoms with Crippen molar-refractivity contribution in [2.75, 3.05) is 41.4 Å². The first-order chi connectivity index (χ1) is 15.7. The molecule has 0 saturated carbocycles. The molecular weight excluding hydrogens is 441 g/mol. The minimum Gasteiger partial charge on any atom is -0.550 e. The van der Waals surface area contributed by atoms with Crippen LogP contribution in [0.5, 0.6) is 0 Å². The number of likely N-dealkylation sites (N-methyl/N-ethyl adjacent to an activating group) is 1. The number of nitrogens with one attached hydrogen (secondary N) is 4. The van der Waals surface area contributed by atoms with E-state index in [2.05, 4.69) is 25.9 Å². The fraction of sp³-hybridized carbons (Fsp3) is 0.350. The van der Waals surface area contributed by atoms with Crippen LogP contribution in [0.25, 0.3) is 0 Å². The third kappa shape index (κ3) is 6.43. The zero-order chi connectivity index (χ0) is 24.1. The number of amides is 1. The Kier molecular flexibility index (Phi) is 8.94. The minimum absolute atomic E-state index is 0. The molecule has 3 rings (SSSR count). The molecule has 2 heterocycles. The molecule has 176 valence electrons. The zero-order valence-electron chi connectivity index (χ0n) is 18.8. The number of rotatable bonds is 9. The number of nitrogens with two attached hydrogens (primary N) is 1. The molecule has 0 aliphatic carbocycles. The molecule has 1 aromatic carbocycles. The zero-order valence-corrected chi connectivity index (χ0v) is 18.8. The van der Waals surface area contributed by atoms with Gasteiger partial charge in [-0.15, -0.1) is 0 Å². The Bertz CT molecular complexity index is 1110. The van der Waals surface area contributed by atoms with E-state index in [0.29, 0.717) is 30.3 Å². The van der Waals surface area contributed by atoms with Crippen LogP contribution in [0.2, 0.25) is 0 Å². The van der Waals surface area contributed by atoms with Gasteiger partial charge >= 0.3 is 24.8 Å². The number of carboxylic acids is 2. The van der Waals surface area contributed by atoms with Gasteiger partial charge in [-0.2, -0.15) is 4.98 Å². The number of H-pyrrole nitrogens is 1. The molecular formula is C20H24LiN7O6. The summed E-state index contributed by atoms with van der Waals surface area (Å²) >= 11 is 0. The van der Waals surface area contributed by atoms with Gasteiger partial charge in [0, 0.05) is 37.4 Å². The van der Waals surface area contributed by atoms with Crippen molar-refractivity contribution < 1.29 is 43.5 Å². The van der Waals surface area contributed by atoms with E-state index in [1.54, 1.807) is 19.2 Å². The van der Waals surface area contributed by atoms with Crippen molar-refractivity contribution in [2.45, 2.75) is 24.9 Å². The van der Waals surface area contributed by atoms with Crippen LogP contribution in [0.1, 0.15) is 23.2 Å². The van der Waals surface area contributed by atoms with Crippen LogP contribution in [-0.2, 0) is 9.59 Å². The molecule has 0 radical (unpaired) electrons. The first kappa shape index (κ1) is 26.6. The van der Waals surface area contributed by atoms with Crippen molar-refractivity contribution in [3.63, 3.8) is 0 Å². The third-order valence-electron chi connectivity index (χ3n) is 5.25. The Labute approximate surface area is 206 Å². The van der Waals surface area contributed by atoms with Gasteiger partial charge in [0.25, 0.3) is 11.5 Å². The van der Waals surface area contributed by atoms with Crippen LogP contribution in [0.4, 0.5) is 23.1 Å². The molecule has 1 amide bonds. The van der Waals surface area contributed by atoms with Crippen LogP contribution in [0.3, 0.4) is 0 Å². The SMILES string of the molecule is CN1c2c(nc(N)[nH]c2=O)NCC1CNc1ccc(C(=O)N[C@@H](CCC(=O)[O-])C(=O)O)cc1.[Li+]. The summed E-state index contributed by atoms with van der Waals surface area (Å²) < 4.78 is 0. The molecule has 14 heteroatoms. The van der Waals surface area contributed by atoms with Gasteiger partial charge in [0.1, 0.15) is 11.7 Å². The maximum absolute atomic E-state index is 12.3. The number of carbonyl (C=O) groups is 3. The molecule has 0 bridgehead atoms. The number of benzene rings is 1. The predicted molar refractivity (Wildman–Crippen MR) is 118 cm³/mol. The summed E-state index contributed by atoms with van der Waals surface area (Å²) in [6, 6.07) is 4.94. The van der Waals surface area contributed by atoms with Gasteiger partial charge in [-0.1, -0.05) is 0 Å². The fourth-order valence-corrected chi connectivity index (χ4v) is 3.41. The normalized spacial score (nSPS) is 15.2. The molecule has 0 spiro atoms. The Morgan fingerprint density at radius 1 is 1.32 bits per heavy atom. The maximum atomic E-state index is 12.3. The molecule has 2 atom stereocenters. The number of nitrogens with zero attached hydrogens (tertiary/aromatic N) is 2. The van der Waals surface area contributed by atoms with E-state index in [0.717, 1.165) is 0 Å². The van der Waals surface area contributed by atoms with Crippen LogP contribution < -0.4 is 56.1 Å². The van der Waals surface area contributed by atoms with Crippen LogP contribution >= 0.6 is 0 Å². The summed E-state index contributed by atoms with van der Waals surface area (Å²) in [7, 11) is 1.78. The number of aromatic nitrogens is 2. The maximum Gasteiger partial charge on any atom is 1.00 e. The number of fused-ring (bicyclic) bond motifs is 1. The molecule has 1 unspecified atom stereocenters. The summed E-state index contributed by atoms with van der Waals surface area (Å²) in [6.45, 7) is 0.998. The van der Waals surface area contributed by atoms with Gasteiger partial charge in [-0.05, 0) is 37.1 Å². The second kappa shape index (κ2) is 11.4. The molecule has 1 aromatic heterocycles.